The van der Waals surface area contributed by atoms with Crippen molar-refractivity contribution in [3.05, 3.63) is 23.8 Å². The van der Waals surface area contributed by atoms with Gasteiger partial charge in [0.25, 0.3) is 0 Å². The molecule has 22 heavy (non-hydrogen) atoms. The van der Waals surface area contributed by atoms with Crippen LogP contribution in [0.15, 0.2) is 18.2 Å². The van der Waals surface area contributed by atoms with Crippen molar-refractivity contribution in [2.24, 2.45) is 0 Å². The minimum atomic E-state index is 0.643. The van der Waals surface area contributed by atoms with Crippen molar-refractivity contribution < 1.29 is 14.2 Å². The van der Waals surface area contributed by atoms with Crippen molar-refractivity contribution in [3.63, 3.8) is 0 Å². The van der Waals surface area contributed by atoms with Gasteiger partial charge in [0.05, 0.1) is 26.9 Å². The van der Waals surface area contributed by atoms with E-state index in [0.717, 1.165) is 69.4 Å². The zero-order valence-corrected chi connectivity index (χ0v) is 13.8. The van der Waals surface area contributed by atoms with Gasteiger partial charge >= 0.3 is 0 Å². The lowest BCUT2D eigenvalue weighted by Gasteiger charge is -2.26. The van der Waals surface area contributed by atoms with E-state index in [2.05, 4.69) is 16.3 Å². The third-order valence-corrected chi connectivity index (χ3v) is 3.82. The molecular formula is C17H28N2O3. The molecule has 0 aliphatic carbocycles. The van der Waals surface area contributed by atoms with Gasteiger partial charge in [-0.3, -0.25) is 4.90 Å². The average Bonchev–Trinajstić information content (AvgIpc) is 2.57. The van der Waals surface area contributed by atoms with Gasteiger partial charge in [-0.2, -0.15) is 0 Å². The van der Waals surface area contributed by atoms with Crippen LogP contribution >= 0.6 is 0 Å². The van der Waals surface area contributed by atoms with Crippen LogP contribution in [0.2, 0.25) is 0 Å². The number of hydrogen-bond acceptors (Lipinski definition) is 5. The molecule has 124 valence electrons. The Balaban J connectivity index is 1.74. The summed E-state index contributed by atoms with van der Waals surface area (Å²) < 4.78 is 16.5. The molecule has 5 heteroatoms. The number of para-hydroxylation sites is 1. The summed E-state index contributed by atoms with van der Waals surface area (Å²) in [7, 11) is 1.68. The highest BCUT2D eigenvalue weighted by atomic mass is 16.5. The Bertz CT molecular complexity index is 434. The van der Waals surface area contributed by atoms with Crippen molar-refractivity contribution in [2.75, 3.05) is 53.1 Å². The predicted molar refractivity (Wildman–Crippen MR) is 87.7 cm³/mol. The van der Waals surface area contributed by atoms with Crippen molar-refractivity contribution in [2.45, 2.75) is 19.9 Å². The van der Waals surface area contributed by atoms with Crippen LogP contribution in [0.5, 0.6) is 11.5 Å². The summed E-state index contributed by atoms with van der Waals surface area (Å²) in [6.07, 6.45) is 1.15. The number of nitrogens with one attached hydrogen (secondary N) is 1. The summed E-state index contributed by atoms with van der Waals surface area (Å²) in [6.45, 7) is 9.43. The van der Waals surface area contributed by atoms with Crippen LogP contribution in [0.25, 0.3) is 0 Å². The maximum atomic E-state index is 5.72. The summed E-state index contributed by atoms with van der Waals surface area (Å²) in [4.78, 5) is 2.46. The number of nitrogens with zero attached hydrogens (tertiary/aromatic N) is 1. The van der Waals surface area contributed by atoms with Crippen LogP contribution in [-0.4, -0.2) is 58.0 Å². The largest absolute Gasteiger partial charge is 0.493 e. The van der Waals surface area contributed by atoms with Crippen LogP contribution in [-0.2, 0) is 11.3 Å². The predicted octanol–water partition coefficient (Wildman–Crippen LogP) is 1.91. The van der Waals surface area contributed by atoms with Gasteiger partial charge in [0.2, 0.25) is 0 Å². The van der Waals surface area contributed by atoms with Gasteiger partial charge in [0, 0.05) is 25.2 Å². The fourth-order valence-electron chi connectivity index (χ4n) is 2.64. The molecule has 2 rings (SSSR count). The lowest BCUT2D eigenvalue weighted by molar-refractivity contribution is 0.0374. The molecule has 0 amide bonds. The SMILES string of the molecule is CCOc1c(CNCCCN2CCOCC2)cccc1OC. The van der Waals surface area contributed by atoms with E-state index in [1.165, 1.54) is 0 Å². The Kier molecular flexibility index (Phi) is 7.49. The fourth-order valence-corrected chi connectivity index (χ4v) is 2.64. The maximum Gasteiger partial charge on any atom is 0.165 e. The van der Waals surface area contributed by atoms with E-state index in [1.807, 2.05) is 19.1 Å². The normalized spacial score (nSPS) is 15.7. The van der Waals surface area contributed by atoms with Gasteiger partial charge in [-0.15, -0.1) is 0 Å². The third-order valence-electron chi connectivity index (χ3n) is 3.82. The van der Waals surface area contributed by atoms with Crippen molar-refractivity contribution in [1.29, 1.82) is 0 Å². The summed E-state index contributed by atoms with van der Waals surface area (Å²) in [6, 6.07) is 6.03. The molecule has 0 saturated carbocycles. The molecular weight excluding hydrogens is 280 g/mol. The minimum absolute atomic E-state index is 0.643. The molecule has 0 unspecified atom stereocenters. The standard InChI is InChI=1S/C17H28N2O3/c1-3-22-17-15(6-4-7-16(17)20-2)14-18-8-5-9-19-10-12-21-13-11-19/h4,6-7,18H,3,5,8-14H2,1-2H3. The topological polar surface area (TPSA) is 43.0 Å². The summed E-state index contributed by atoms with van der Waals surface area (Å²) in [5.74, 6) is 1.66. The zero-order chi connectivity index (χ0) is 15.6. The van der Waals surface area contributed by atoms with Gasteiger partial charge in [-0.1, -0.05) is 12.1 Å². The van der Waals surface area contributed by atoms with Crippen LogP contribution in [0.1, 0.15) is 18.9 Å². The number of hydrogen-bond donors (Lipinski definition) is 1. The number of methoxy groups -OCH3 is 1. The van der Waals surface area contributed by atoms with Crippen molar-refractivity contribution in [1.82, 2.24) is 10.2 Å². The fraction of sp³-hybridized carbons (Fsp3) is 0.647. The van der Waals surface area contributed by atoms with E-state index in [-0.39, 0.29) is 0 Å². The van der Waals surface area contributed by atoms with E-state index in [0.29, 0.717) is 6.61 Å². The van der Waals surface area contributed by atoms with Crippen LogP contribution in [0, 0.1) is 0 Å². The van der Waals surface area contributed by atoms with Gasteiger partial charge in [0.1, 0.15) is 0 Å². The third kappa shape index (κ3) is 5.16. The molecule has 1 N–H and O–H groups in total. The summed E-state index contributed by atoms with van der Waals surface area (Å²) in [5.41, 5.74) is 1.15. The minimum Gasteiger partial charge on any atom is -0.493 e. The molecule has 1 fully saturated rings. The molecule has 1 saturated heterocycles. The molecule has 0 aromatic heterocycles. The lowest BCUT2D eigenvalue weighted by Crippen LogP contribution is -2.37. The maximum absolute atomic E-state index is 5.72. The van der Waals surface area contributed by atoms with Gasteiger partial charge < -0.3 is 19.5 Å². The zero-order valence-electron chi connectivity index (χ0n) is 13.8. The van der Waals surface area contributed by atoms with E-state index < -0.39 is 0 Å². The molecule has 1 aromatic carbocycles. The molecule has 1 aliphatic rings. The van der Waals surface area contributed by atoms with Crippen LogP contribution in [0.3, 0.4) is 0 Å². The molecule has 0 spiro atoms. The quantitative estimate of drug-likeness (QED) is 0.706. The molecule has 1 aliphatic heterocycles. The molecule has 1 heterocycles. The second kappa shape index (κ2) is 9.66. The Labute approximate surface area is 133 Å². The first-order valence-electron chi connectivity index (χ1n) is 8.14. The van der Waals surface area contributed by atoms with Gasteiger partial charge in [-0.05, 0) is 32.5 Å². The molecule has 5 nitrogen and oxygen atoms in total. The number of morpholine rings is 1. The molecule has 1 aromatic rings. The van der Waals surface area contributed by atoms with E-state index >= 15 is 0 Å². The highest BCUT2D eigenvalue weighted by Crippen LogP contribution is 2.30. The van der Waals surface area contributed by atoms with Gasteiger partial charge in [-0.25, -0.2) is 0 Å². The van der Waals surface area contributed by atoms with E-state index in [1.54, 1.807) is 7.11 Å². The van der Waals surface area contributed by atoms with E-state index in [9.17, 15) is 0 Å². The van der Waals surface area contributed by atoms with Crippen LogP contribution in [0.4, 0.5) is 0 Å². The van der Waals surface area contributed by atoms with Crippen molar-refractivity contribution in [3.8, 4) is 11.5 Å². The van der Waals surface area contributed by atoms with E-state index in [4.69, 9.17) is 14.2 Å². The Morgan fingerprint density at radius 2 is 2.09 bits per heavy atom. The Morgan fingerprint density at radius 3 is 2.82 bits per heavy atom. The van der Waals surface area contributed by atoms with Gasteiger partial charge in [0.15, 0.2) is 11.5 Å². The highest BCUT2D eigenvalue weighted by molar-refractivity contribution is 5.46. The average molecular weight is 308 g/mol. The molecule has 0 atom stereocenters. The Hall–Kier alpha value is -1.30. The number of rotatable bonds is 9. The molecule has 0 radical (unpaired) electrons. The molecule has 0 bridgehead atoms. The smallest absolute Gasteiger partial charge is 0.165 e. The lowest BCUT2D eigenvalue weighted by atomic mass is 10.2. The monoisotopic (exact) mass is 308 g/mol. The Morgan fingerprint density at radius 1 is 1.27 bits per heavy atom. The number of benzene rings is 1. The first-order valence-corrected chi connectivity index (χ1v) is 8.14. The first-order chi connectivity index (χ1) is 10.8. The van der Waals surface area contributed by atoms with Crippen molar-refractivity contribution >= 4 is 0 Å². The highest BCUT2D eigenvalue weighted by Gasteiger charge is 2.11. The number of ether oxygens (including phenoxy) is 3. The van der Waals surface area contributed by atoms with Crippen LogP contribution < -0.4 is 14.8 Å². The second-order valence-electron chi connectivity index (χ2n) is 5.37. The second-order valence-corrected chi connectivity index (χ2v) is 5.37. The summed E-state index contributed by atoms with van der Waals surface area (Å²) >= 11 is 0. The summed E-state index contributed by atoms with van der Waals surface area (Å²) in [5, 5.41) is 3.50. The first kappa shape index (κ1) is 17.1.